The molecular weight excluding hydrogens is 216 g/mol. The largest absolute Gasteiger partial charge is 0.381 e. The number of para-hydroxylation sites is 2. The molecule has 0 atom stereocenters. The first kappa shape index (κ1) is 9.89. The van der Waals surface area contributed by atoms with Crippen molar-refractivity contribution in [2.75, 3.05) is 5.73 Å². The van der Waals surface area contributed by atoms with Crippen molar-refractivity contribution >= 4 is 16.9 Å². The highest BCUT2D eigenvalue weighted by Crippen LogP contribution is 2.13. The summed E-state index contributed by atoms with van der Waals surface area (Å²) in [6.07, 6.45) is 1.52. The molecule has 1 aromatic carbocycles. The van der Waals surface area contributed by atoms with Gasteiger partial charge in [0.2, 0.25) is 0 Å². The lowest BCUT2D eigenvalue weighted by Crippen LogP contribution is -1.91. The lowest BCUT2D eigenvalue weighted by atomic mass is 10.2. The summed E-state index contributed by atoms with van der Waals surface area (Å²) in [5.74, 6) is 2.15. The number of aromatic nitrogens is 3. The fraction of sp³-hybridized carbons (Fsp3) is 0.167. The number of hydrogen-bond acceptors (Lipinski definition) is 4. The van der Waals surface area contributed by atoms with Crippen LogP contribution in [0.4, 0.5) is 5.82 Å². The van der Waals surface area contributed by atoms with Gasteiger partial charge in [0.25, 0.3) is 0 Å². The van der Waals surface area contributed by atoms with Gasteiger partial charge in [-0.05, 0) is 12.1 Å². The lowest BCUT2D eigenvalue weighted by Gasteiger charge is -1.91. The van der Waals surface area contributed by atoms with E-state index in [1.54, 1.807) is 6.07 Å². The van der Waals surface area contributed by atoms with Gasteiger partial charge in [-0.1, -0.05) is 17.3 Å². The number of nitrogens with one attached hydrogen (secondary N) is 1. The topological polar surface area (TPSA) is 80.7 Å². The van der Waals surface area contributed by atoms with Crippen LogP contribution in [0.1, 0.15) is 11.6 Å². The maximum absolute atomic E-state index is 5.48. The number of rotatable bonds is 3. The third kappa shape index (κ3) is 1.99. The van der Waals surface area contributed by atoms with Gasteiger partial charge in [0.05, 0.1) is 11.0 Å². The minimum atomic E-state index is 0.421. The fourth-order valence-electron chi connectivity index (χ4n) is 1.81. The minimum absolute atomic E-state index is 0.421. The van der Waals surface area contributed by atoms with Gasteiger partial charge in [0.15, 0.2) is 5.82 Å². The number of aryl methyl sites for hydroxylation is 2. The van der Waals surface area contributed by atoms with E-state index in [4.69, 9.17) is 10.3 Å². The highest BCUT2D eigenvalue weighted by molar-refractivity contribution is 5.74. The van der Waals surface area contributed by atoms with Crippen LogP contribution in [0.2, 0.25) is 0 Å². The number of H-pyrrole nitrogens is 1. The van der Waals surface area contributed by atoms with Gasteiger partial charge < -0.3 is 15.2 Å². The summed E-state index contributed by atoms with van der Waals surface area (Å²) in [4.78, 5) is 7.75. The molecule has 0 saturated heterocycles. The summed E-state index contributed by atoms with van der Waals surface area (Å²) in [5.41, 5.74) is 7.52. The molecule has 86 valence electrons. The molecule has 0 radical (unpaired) electrons. The molecule has 17 heavy (non-hydrogen) atoms. The number of hydrogen-bond donors (Lipinski definition) is 2. The van der Waals surface area contributed by atoms with Crippen molar-refractivity contribution < 1.29 is 4.52 Å². The Morgan fingerprint density at radius 2 is 2.12 bits per heavy atom. The Kier molecular flexibility index (Phi) is 2.29. The summed E-state index contributed by atoms with van der Waals surface area (Å²) >= 11 is 0. The lowest BCUT2D eigenvalue weighted by molar-refractivity contribution is 0.385. The van der Waals surface area contributed by atoms with E-state index in [0.29, 0.717) is 5.82 Å². The van der Waals surface area contributed by atoms with Crippen molar-refractivity contribution in [3.8, 4) is 0 Å². The first-order valence-electron chi connectivity index (χ1n) is 5.46. The van der Waals surface area contributed by atoms with Crippen molar-refractivity contribution in [2.24, 2.45) is 0 Å². The summed E-state index contributed by atoms with van der Waals surface area (Å²) in [7, 11) is 0. The fourth-order valence-corrected chi connectivity index (χ4v) is 1.81. The van der Waals surface area contributed by atoms with Crippen molar-refractivity contribution in [2.45, 2.75) is 12.8 Å². The van der Waals surface area contributed by atoms with Gasteiger partial charge in [-0.2, -0.15) is 0 Å². The summed E-state index contributed by atoms with van der Waals surface area (Å²) in [5, 5.41) is 3.64. The maximum Gasteiger partial charge on any atom is 0.167 e. The summed E-state index contributed by atoms with van der Waals surface area (Å²) < 4.78 is 5.04. The van der Waals surface area contributed by atoms with E-state index < -0.39 is 0 Å². The van der Waals surface area contributed by atoms with Crippen LogP contribution < -0.4 is 5.73 Å². The third-order valence-corrected chi connectivity index (χ3v) is 2.62. The Bertz CT molecular complexity index is 608. The average molecular weight is 228 g/mol. The Labute approximate surface area is 97.6 Å². The molecule has 5 nitrogen and oxygen atoms in total. The van der Waals surface area contributed by atoms with E-state index >= 15 is 0 Å². The highest BCUT2D eigenvalue weighted by atomic mass is 16.5. The van der Waals surface area contributed by atoms with E-state index in [-0.39, 0.29) is 0 Å². The molecule has 0 unspecified atom stereocenters. The van der Waals surface area contributed by atoms with Crippen LogP contribution >= 0.6 is 0 Å². The van der Waals surface area contributed by atoms with E-state index in [2.05, 4.69) is 15.1 Å². The van der Waals surface area contributed by atoms with E-state index in [1.165, 1.54) is 0 Å². The zero-order chi connectivity index (χ0) is 11.7. The van der Waals surface area contributed by atoms with Gasteiger partial charge in [-0.15, -0.1) is 0 Å². The number of nitrogens with two attached hydrogens (primary N) is 1. The SMILES string of the molecule is Nc1cc(CCc2nc3ccccc3[nH]2)on1. The molecule has 0 amide bonds. The van der Waals surface area contributed by atoms with Crippen molar-refractivity contribution in [3.63, 3.8) is 0 Å². The number of aromatic amines is 1. The number of nitrogen functional groups attached to an aromatic ring is 1. The highest BCUT2D eigenvalue weighted by Gasteiger charge is 2.05. The van der Waals surface area contributed by atoms with Crippen LogP contribution in [0.15, 0.2) is 34.9 Å². The molecule has 5 heteroatoms. The second-order valence-corrected chi connectivity index (χ2v) is 3.92. The number of fused-ring (bicyclic) bond motifs is 1. The Hall–Kier alpha value is -2.30. The molecular formula is C12H12N4O. The van der Waals surface area contributed by atoms with Gasteiger partial charge >= 0.3 is 0 Å². The quantitative estimate of drug-likeness (QED) is 0.717. The predicted molar refractivity (Wildman–Crippen MR) is 64.4 cm³/mol. The Morgan fingerprint density at radius 3 is 2.88 bits per heavy atom. The van der Waals surface area contributed by atoms with Crippen LogP contribution in [-0.2, 0) is 12.8 Å². The molecule has 0 aliphatic rings. The summed E-state index contributed by atoms with van der Waals surface area (Å²) in [6.45, 7) is 0. The van der Waals surface area contributed by atoms with Gasteiger partial charge in [-0.25, -0.2) is 4.98 Å². The second-order valence-electron chi connectivity index (χ2n) is 3.92. The first-order valence-corrected chi connectivity index (χ1v) is 5.46. The number of anilines is 1. The molecule has 3 N–H and O–H groups in total. The van der Waals surface area contributed by atoms with Crippen LogP contribution in [0.3, 0.4) is 0 Å². The maximum atomic E-state index is 5.48. The molecule has 0 saturated carbocycles. The first-order chi connectivity index (χ1) is 8.31. The van der Waals surface area contributed by atoms with Crippen molar-refractivity contribution in [1.29, 1.82) is 0 Å². The van der Waals surface area contributed by atoms with E-state index in [1.807, 2.05) is 24.3 Å². The van der Waals surface area contributed by atoms with Gasteiger partial charge in [0, 0.05) is 18.9 Å². The number of nitrogens with zero attached hydrogens (tertiary/aromatic N) is 2. The molecule has 2 aromatic heterocycles. The Balaban J connectivity index is 1.76. The standard InChI is InChI=1S/C12H12N4O/c13-11-7-8(17-16-11)5-6-12-14-9-3-1-2-4-10(9)15-12/h1-4,7H,5-6H2,(H2,13,16)(H,14,15). The Morgan fingerprint density at radius 1 is 1.24 bits per heavy atom. The summed E-state index contributed by atoms with van der Waals surface area (Å²) in [6, 6.07) is 9.70. The van der Waals surface area contributed by atoms with Crippen LogP contribution in [0.5, 0.6) is 0 Å². The van der Waals surface area contributed by atoms with Gasteiger partial charge in [-0.3, -0.25) is 0 Å². The number of imidazole rings is 1. The zero-order valence-electron chi connectivity index (χ0n) is 9.18. The van der Waals surface area contributed by atoms with Crippen molar-refractivity contribution in [1.82, 2.24) is 15.1 Å². The van der Waals surface area contributed by atoms with Crippen LogP contribution in [-0.4, -0.2) is 15.1 Å². The molecule has 0 fully saturated rings. The molecule has 3 rings (SSSR count). The van der Waals surface area contributed by atoms with Crippen LogP contribution in [0, 0.1) is 0 Å². The molecule has 3 aromatic rings. The monoisotopic (exact) mass is 228 g/mol. The average Bonchev–Trinajstić information content (AvgIpc) is 2.91. The van der Waals surface area contributed by atoms with Crippen LogP contribution in [0.25, 0.3) is 11.0 Å². The van der Waals surface area contributed by atoms with E-state index in [9.17, 15) is 0 Å². The number of benzene rings is 1. The second kappa shape index (κ2) is 3.93. The molecule has 0 aliphatic heterocycles. The van der Waals surface area contributed by atoms with E-state index in [0.717, 1.165) is 35.5 Å². The molecule has 0 spiro atoms. The third-order valence-electron chi connectivity index (χ3n) is 2.62. The molecule has 0 bridgehead atoms. The smallest absolute Gasteiger partial charge is 0.167 e. The van der Waals surface area contributed by atoms with Gasteiger partial charge in [0.1, 0.15) is 11.6 Å². The normalized spacial score (nSPS) is 11.1. The predicted octanol–water partition coefficient (Wildman–Crippen LogP) is 1.92. The van der Waals surface area contributed by atoms with Crippen molar-refractivity contribution in [3.05, 3.63) is 41.9 Å². The molecule has 0 aliphatic carbocycles. The molecule has 2 heterocycles. The zero-order valence-corrected chi connectivity index (χ0v) is 9.18. The minimum Gasteiger partial charge on any atom is -0.381 e.